The van der Waals surface area contributed by atoms with Crippen molar-refractivity contribution in [3.63, 3.8) is 0 Å². The van der Waals surface area contributed by atoms with E-state index >= 15 is 0 Å². The number of benzene rings is 1. The molecule has 0 atom stereocenters. The molecule has 0 spiro atoms. The molecular formula is C15H10O2S2. The maximum atomic E-state index is 11.2. The average Bonchev–Trinajstić information content (AvgIpc) is 3.11. The topological polar surface area (TPSA) is 37.3 Å². The summed E-state index contributed by atoms with van der Waals surface area (Å²) < 4.78 is 0. The average molecular weight is 286 g/mol. The Bertz CT molecular complexity index is 645. The van der Waals surface area contributed by atoms with Gasteiger partial charge in [0.25, 0.3) is 0 Å². The minimum Gasteiger partial charge on any atom is -0.478 e. The van der Waals surface area contributed by atoms with E-state index in [1.807, 2.05) is 39.7 Å². The zero-order valence-electron chi connectivity index (χ0n) is 9.87. The van der Waals surface area contributed by atoms with Crippen LogP contribution in [0.1, 0.15) is 10.4 Å². The largest absolute Gasteiger partial charge is 0.478 e. The van der Waals surface area contributed by atoms with Gasteiger partial charge in [0.05, 0.1) is 5.56 Å². The molecule has 0 fully saturated rings. The van der Waals surface area contributed by atoms with Crippen molar-refractivity contribution in [3.05, 3.63) is 57.4 Å². The molecule has 3 rings (SSSR count). The maximum absolute atomic E-state index is 11.2. The summed E-state index contributed by atoms with van der Waals surface area (Å²) in [4.78, 5) is 11.2. The Labute approximate surface area is 118 Å². The first-order chi connectivity index (χ1) is 9.24. The van der Waals surface area contributed by atoms with Crippen LogP contribution in [0, 0.1) is 0 Å². The van der Waals surface area contributed by atoms with Crippen molar-refractivity contribution in [1.82, 2.24) is 0 Å². The lowest BCUT2D eigenvalue weighted by molar-refractivity contribution is 0.0697. The number of aromatic carboxylic acids is 1. The Balaban J connectivity index is 2.18. The second kappa shape index (κ2) is 4.99. The summed E-state index contributed by atoms with van der Waals surface area (Å²) in [6, 6.07) is 9.49. The summed E-state index contributed by atoms with van der Waals surface area (Å²) in [5.74, 6) is -0.895. The lowest BCUT2D eigenvalue weighted by Crippen LogP contribution is -1.97. The van der Waals surface area contributed by atoms with E-state index in [0.717, 1.165) is 22.3 Å². The van der Waals surface area contributed by atoms with E-state index in [4.69, 9.17) is 0 Å². The molecule has 4 heteroatoms. The molecule has 2 nitrogen and oxygen atoms in total. The first-order valence-electron chi connectivity index (χ1n) is 5.67. The molecule has 0 saturated heterocycles. The van der Waals surface area contributed by atoms with Gasteiger partial charge < -0.3 is 5.11 Å². The highest BCUT2D eigenvalue weighted by molar-refractivity contribution is 7.08. The third-order valence-electron chi connectivity index (χ3n) is 2.89. The molecule has 1 N–H and O–H groups in total. The number of carbonyl (C=O) groups is 1. The van der Waals surface area contributed by atoms with Crippen molar-refractivity contribution >= 4 is 28.6 Å². The van der Waals surface area contributed by atoms with Gasteiger partial charge in [0.2, 0.25) is 0 Å². The van der Waals surface area contributed by atoms with Crippen LogP contribution < -0.4 is 0 Å². The predicted octanol–water partition coefficient (Wildman–Crippen LogP) is 4.84. The Morgan fingerprint density at radius 3 is 1.74 bits per heavy atom. The SMILES string of the molecule is O=C(O)c1cc(-c2ccsc2)cc(-c2ccsc2)c1. The summed E-state index contributed by atoms with van der Waals surface area (Å²) in [5, 5.41) is 17.3. The van der Waals surface area contributed by atoms with Gasteiger partial charge in [-0.15, -0.1) is 0 Å². The molecule has 0 saturated carbocycles. The van der Waals surface area contributed by atoms with Gasteiger partial charge in [-0.05, 0) is 74.1 Å². The van der Waals surface area contributed by atoms with E-state index in [9.17, 15) is 9.90 Å². The molecule has 0 aliphatic heterocycles. The monoisotopic (exact) mass is 286 g/mol. The zero-order valence-corrected chi connectivity index (χ0v) is 11.5. The lowest BCUT2D eigenvalue weighted by atomic mass is 9.99. The van der Waals surface area contributed by atoms with Crippen molar-refractivity contribution in [2.45, 2.75) is 0 Å². The second-order valence-electron chi connectivity index (χ2n) is 4.13. The number of thiophene rings is 2. The van der Waals surface area contributed by atoms with Crippen LogP contribution in [0.4, 0.5) is 0 Å². The van der Waals surface area contributed by atoms with E-state index in [1.165, 1.54) is 0 Å². The minimum atomic E-state index is -0.895. The van der Waals surface area contributed by atoms with Crippen LogP contribution >= 0.6 is 22.7 Å². The van der Waals surface area contributed by atoms with Gasteiger partial charge in [-0.3, -0.25) is 0 Å². The zero-order chi connectivity index (χ0) is 13.2. The quantitative estimate of drug-likeness (QED) is 0.748. The molecule has 19 heavy (non-hydrogen) atoms. The molecule has 0 aliphatic rings. The summed E-state index contributed by atoms with van der Waals surface area (Å²) >= 11 is 3.21. The lowest BCUT2D eigenvalue weighted by Gasteiger charge is -2.05. The van der Waals surface area contributed by atoms with E-state index in [2.05, 4.69) is 0 Å². The minimum absolute atomic E-state index is 0.324. The normalized spacial score (nSPS) is 10.5. The van der Waals surface area contributed by atoms with Gasteiger partial charge in [0.1, 0.15) is 0 Å². The third-order valence-corrected chi connectivity index (χ3v) is 4.26. The smallest absolute Gasteiger partial charge is 0.335 e. The predicted molar refractivity (Wildman–Crippen MR) is 80.0 cm³/mol. The molecule has 2 aromatic heterocycles. The molecule has 2 heterocycles. The second-order valence-corrected chi connectivity index (χ2v) is 5.69. The van der Waals surface area contributed by atoms with Gasteiger partial charge in [-0.1, -0.05) is 0 Å². The van der Waals surface area contributed by atoms with Crippen molar-refractivity contribution in [2.24, 2.45) is 0 Å². The molecule has 0 amide bonds. The van der Waals surface area contributed by atoms with Crippen LogP contribution in [0.25, 0.3) is 22.3 Å². The Kier molecular flexibility index (Phi) is 3.19. The molecule has 0 unspecified atom stereocenters. The van der Waals surface area contributed by atoms with Crippen molar-refractivity contribution in [2.75, 3.05) is 0 Å². The Morgan fingerprint density at radius 2 is 1.37 bits per heavy atom. The molecule has 0 aliphatic carbocycles. The van der Waals surface area contributed by atoms with Gasteiger partial charge >= 0.3 is 5.97 Å². The van der Waals surface area contributed by atoms with E-state index in [1.54, 1.807) is 34.8 Å². The Hall–Kier alpha value is -1.91. The summed E-state index contributed by atoms with van der Waals surface area (Å²) in [6.45, 7) is 0. The van der Waals surface area contributed by atoms with Crippen LogP contribution in [0.3, 0.4) is 0 Å². The standard InChI is InChI=1S/C15H10O2S2/c16-15(17)14-6-12(10-1-3-18-8-10)5-13(7-14)11-2-4-19-9-11/h1-9H,(H,16,17). The van der Waals surface area contributed by atoms with E-state index in [-0.39, 0.29) is 0 Å². The number of rotatable bonds is 3. The van der Waals surface area contributed by atoms with Gasteiger partial charge in [-0.2, -0.15) is 22.7 Å². The maximum Gasteiger partial charge on any atom is 0.335 e. The number of hydrogen-bond acceptors (Lipinski definition) is 3. The van der Waals surface area contributed by atoms with Crippen molar-refractivity contribution in [3.8, 4) is 22.3 Å². The fraction of sp³-hybridized carbons (Fsp3) is 0. The van der Waals surface area contributed by atoms with Crippen LogP contribution in [0.15, 0.2) is 51.9 Å². The summed E-state index contributed by atoms with van der Waals surface area (Å²) in [6.07, 6.45) is 0. The van der Waals surface area contributed by atoms with Gasteiger partial charge in [0.15, 0.2) is 0 Å². The van der Waals surface area contributed by atoms with Crippen LogP contribution in [0.5, 0.6) is 0 Å². The highest BCUT2D eigenvalue weighted by atomic mass is 32.1. The van der Waals surface area contributed by atoms with E-state index < -0.39 is 5.97 Å². The van der Waals surface area contributed by atoms with Crippen molar-refractivity contribution < 1.29 is 9.90 Å². The number of carboxylic acid groups (broad SMARTS) is 1. The number of carboxylic acids is 1. The Morgan fingerprint density at radius 1 is 0.842 bits per heavy atom. The molecule has 0 radical (unpaired) electrons. The first-order valence-corrected chi connectivity index (χ1v) is 7.56. The highest BCUT2D eigenvalue weighted by Gasteiger charge is 2.10. The molecular weight excluding hydrogens is 276 g/mol. The van der Waals surface area contributed by atoms with E-state index in [0.29, 0.717) is 5.56 Å². The van der Waals surface area contributed by atoms with Crippen LogP contribution in [-0.4, -0.2) is 11.1 Å². The van der Waals surface area contributed by atoms with Crippen LogP contribution in [0.2, 0.25) is 0 Å². The summed E-state index contributed by atoms with van der Waals surface area (Å²) in [7, 11) is 0. The molecule has 94 valence electrons. The van der Waals surface area contributed by atoms with Gasteiger partial charge in [-0.25, -0.2) is 4.79 Å². The summed E-state index contributed by atoms with van der Waals surface area (Å²) in [5.41, 5.74) is 4.34. The molecule has 0 bridgehead atoms. The first kappa shape index (κ1) is 12.1. The van der Waals surface area contributed by atoms with Crippen molar-refractivity contribution in [1.29, 1.82) is 0 Å². The fourth-order valence-corrected chi connectivity index (χ4v) is 3.27. The highest BCUT2D eigenvalue weighted by Crippen LogP contribution is 2.30. The molecule has 1 aromatic carbocycles. The fourth-order valence-electron chi connectivity index (χ4n) is 1.94. The van der Waals surface area contributed by atoms with Gasteiger partial charge in [0, 0.05) is 0 Å². The third kappa shape index (κ3) is 2.45. The molecule has 3 aromatic rings. The van der Waals surface area contributed by atoms with Crippen LogP contribution in [-0.2, 0) is 0 Å². The number of hydrogen-bond donors (Lipinski definition) is 1.